The zero-order valence-electron chi connectivity index (χ0n) is 15.1. The Balaban J connectivity index is 1.63. The van der Waals surface area contributed by atoms with Crippen molar-refractivity contribution in [3.05, 3.63) is 41.6 Å². The second-order valence-electron chi connectivity index (χ2n) is 7.73. The predicted octanol–water partition coefficient (Wildman–Crippen LogP) is 2.54. The maximum Gasteiger partial charge on any atom is 0.419 e. The smallest absolute Gasteiger partial charge is 0.419 e. The standard InChI is InChI=1S/C19H26N4O2/c1-19-8-10-21(2)17(19)22(3)16-7-6-13(11-15(16)19)14-5-4-9-23(12-14)20-18(24)25/h6-8,10-11,14,17,20H,4-5,9,12H2,1-3H3,(H,24,25)/t14-,17?,19?/m0/s1. The molecule has 0 aliphatic carbocycles. The molecule has 1 fully saturated rings. The molecule has 3 aliphatic heterocycles. The zero-order chi connectivity index (χ0) is 17.8. The van der Waals surface area contributed by atoms with Crippen molar-refractivity contribution in [2.24, 2.45) is 0 Å². The van der Waals surface area contributed by atoms with Gasteiger partial charge in [-0.3, -0.25) is 5.43 Å². The SMILES string of the molecule is CN1C=CC2(C)c3cc([C@H]4CCCN(NC(=O)O)C4)ccc3N(C)C12. The third-order valence-corrected chi connectivity index (χ3v) is 6.07. The first-order valence-electron chi connectivity index (χ1n) is 8.93. The van der Waals surface area contributed by atoms with E-state index in [0.29, 0.717) is 12.1 Å². The number of hydrogen-bond acceptors (Lipinski definition) is 4. The number of nitrogens with one attached hydrogen (secondary N) is 1. The minimum Gasteiger partial charge on any atom is -0.464 e. The number of hydrazine groups is 1. The van der Waals surface area contributed by atoms with E-state index < -0.39 is 6.09 Å². The highest BCUT2D eigenvalue weighted by Gasteiger charge is 2.49. The van der Waals surface area contributed by atoms with Gasteiger partial charge in [-0.05, 0) is 49.1 Å². The Kier molecular flexibility index (Phi) is 3.68. The van der Waals surface area contributed by atoms with E-state index in [1.165, 1.54) is 16.8 Å². The highest BCUT2D eigenvalue weighted by atomic mass is 16.4. The molecule has 25 heavy (non-hydrogen) atoms. The lowest BCUT2D eigenvalue weighted by atomic mass is 9.80. The molecule has 6 heteroatoms. The second kappa shape index (κ2) is 5.66. The molecule has 0 spiro atoms. The third-order valence-electron chi connectivity index (χ3n) is 6.07. The molecule has 3 atom stereocenters. The molecule has 1 aromatic rings. The molecule has 0 aromatic heterocycles. The molecule has 4 rings (SSSR count). The van der Waals surface area contributed by atoms with Crippen LogP contribution in [0.15, 0.2) is 30.5 Å². The van der Waals surface area contributed by atoms with Crippen LogP contribution in [0.1, 0.15) is 36.8 Å². The molecular weight excluding hydrogens is 316 g/mol. The normalized spacial score (nSPS) is 31.2. The van der Waals surface area contributed by atoms with Crippen molar-refractivity contribution in [2.75, 3.05) is 32.1 Å². The Hall–Kier alpha value is -2.21. The molecule has 6 nitrogen and oxygen atoms in total. The fourth-order valence-electron chi connectivity index (χ4n) is 4.93. The summed E-state index contributed by atoms with van der Waals surface area (Å²) in [6, 6.07) is 6.81. The summed E-state index contributed by atoms with van der Waals surface area (Å²) in [4.78, 5) is 15.6. The van der Waals surface area contributed by atoms with Gasteiger partial charge in [-0.1, -0.05) is 18.2 Å². The van der Waals surface area contributed by atoms with E-state index in [9.17, 15) is 4.79 Å². The lowest BCUT2D eigenvalue weighted by molar-refractivity contribution is 0.116. The number of piperidine rings is 1. The maximum absolute atomic E-state index is 10.9. The highest BCUT2D eigenvalue weighted by molar-refractivity contribution is 5.67. The molecule has 0 radical (unpaired) electrons. The number of nitrogens with zero attached hydrogens (tertiary/aromatic N) is 3. The minimum atomic E-state index is -0.981. The lowest BCUT2D eigenvalue weighted by Gasteiger charge is -2.33. The van der Waals surface area contributed by atoms with Crippen molar-refractivity contribution < 1.29 is 9.90 Å². The lowest BCUT2D eigenvalue weighted by Crippen LogP contribution is -2.46. The second-order valence-corrected chi connectivity index (χ2v) is 7.73. The summed E-state index contributed by atoms with van der Waals surface area (Å²) in [5, 5.41) is 10.8. The van der Waals surface area contributed by atoms with Gasteiger partial charge in [0.05, 0.1) is 5.41 Å². The van der Waals surface area contributed by atoms with Crippen molar-refractivity contribution >= 4 is 11.8 Å². The van der Waals surface area contributed by atoms with E-state index in [1.807, 2.05) is 5.01 Å². The van der Waals surface area contributed by atoms with Crippen LogP contribution in [0.25, 0.3) is 0 Å². The Labute approximate surface area is 148 Å². The van der Waals surface area contributed by atoms with E-state index in [0.717, 1.165) is 25.9 Å². The number of benzene rings is 1. The van der Waals surface area contributed by atoms with Gasteiger partial charge in [0.1, 0.15) is 6.17 Å². The summed E-state index contributed by atoms with van der Waals surface area (Å²) in [5.74, 6) is 0.363. The van der Waals surface area contributed by atoms with Crippen LogP contribution in [-0.2, 0) is 5.41 Å². The summed E-state index contributed by atoms with van der Waals surface area (Å²) in [6.45, 7) is 3.82. The van der Waals surface area contributed by atoms with Gasteiger partial charge in [0, 0.05) is 32.9 Å². The van der Waals surface area contributed by atoms with E-state index in [1.54, 1.807) is 0 Å². The number of rotatable bonds is 2. The number of carboxylic acid groups (broad SMARTS) is 1. The van der Waals surface area contributed by atoms with Crippen LogP contribution >= 0.6 is 0 Å². The molecular formula is C19H26N4O2. The van der Waals surface area contributed by atoms with E-state index in [2.05, 4.69) is 66.7 Å². The maximum atomic E-state index is 10.9. The van der Waals surface area contributed by atoms with Gasteiger partial charge in [-0.15, -0.1) is 0 Å². The molecule has 3 aliphatic rings. The van der Waals surface area contributed by atoms with Crippen LogP contribution in [0, 0.1) is 0 Å². The molecule has 3 heterocycles. The molecule has 1 aromatic carbocycles. The van der Waals surface area contributed by atoms with Crippen LogP contribution < -0.4 is 10.3 Å². The monoisotopic (exact) mass is 342 g/mol. The number of likely N-dealkylation sites (N-methyl/N-ethyl adjacent to an activating group) is 2. The summed E-state index contributed by atoms with van der Waals surface area (Å²) in [6.07, 6.45) is 5.94. The molecule has 1 amide bonds. The summed E-state index contributed by atoms with van der Waals surface area (Å²) < 4.78 is 0. The van der Waals surface area contributed by atoms with Crippen LogP contribution in [0.5, 0.6) is 0 Å². The average molecular weight is 342 g/mol. The van der Waals surface area contributed by atoms with Gasteiger partial charge < -0.3 is 14.9 Å². The number of carbonyl (C=O) groups is 1. The van der Waals surface area contributed by atoms with Gasteiger partial charge in [0.25, 0.3) is 0 Å². The summed E-state index contributed by atoms with van der Waals surface area (Å²) in [5.41, 5.74) is 6.50. The minimum absolute atomic E-state index is 0.00249. The van der Waals surface area contributed by atoms with E-state index >= 15 is 0 Å². The summed E-state index contributed by atoms with van der Waals surface area (Å²) >= 11 is 0. The van der Waals surface area contributed by atoms with Crippen LogP contribution in [0.2, 0.25) is 0 Å². The first kappa shape index (κ1) is 16.3. The topological polar surface area (TPSA) is 59.1 Å². The largest absolute Gasteiger partial charge is 0.464 e. The Bertz CT molecular complexity index is 734. The first-order chi connectivity index (χ1) is 11.9. The van der Waals surface area contributed by atoms with Crippen molar-refractivity contribution in [2.45, 2.75) is 37.3 Å². The quantitative estimate of drug-likeness (QED) is 0.865. The van der Waals surface area contributed by atoms with E-state index in [-0.39, 0.29) is 5.41 Å². The molecule has 2 N–H and O–H groups in total. The average Bonchev–Trinajstić information content (AvgIpc) is 3.00. The molecule has 0 saturated carbocycles. The zero-order valence-corrected chi connectivity index (χ0v) is 15.1. The van der Waals surface area contributed by atoms with Gasteiger partial charge in [-0.25, -0.2) is 9.80 Å². The van der Waals surface area contributed by atoms with E-state index in [4.69, 9.17) is 5.11 Å². The number of fused-ring (bicyclic) bond motifs is 3. The van der Waals surface area contributed by atoms with Gasteiger partial charge >= 0.3 is 6.09 Å². The Morgan fingerprint density at radius 2 is 2.16 bits per heavy atom. The van der Waals surface area contributed by atoms with Gasteiger partial charge in [0.2, 0.25) is 0 Å². The van der Waals surface area contributed by atoms with Crippen molar-refractivity contribution in [3.8, 4) is 0 Å². The summed E-state index contributed by atoms with van der Waals surface area (Å²) in [7, 11) is 4.29. The fourth-order valence-corrected chi connectivity index (χ4v) is 4.93. The first-order valence-corrected chi connectivity index (χ1v) is 8.93. The van der Waals surface area contributed by atoms with Crippen molar-refractivity contribution in [1.82, 2.24) is 15.3 Å². The number of hydrogen-bond donors (Lipinski definition) is 2. The highest BCUT2D eigenvalue weighted by Crippen LogP contribution is 2.50. The molecule has 1 saturated heterocycles. The fraction of sp³-hybridized carbons (Fsp3) is 0.526. The van der Waals surface area contributed by atoms with Crippen molar-refractivity contribution in [1.29, 1.82) is 0 Å². The number of anilines is 1. The van der Waals surface area contributed by atoms with Gasteiger partial charge in [-0.2, -0.15) is 0 Å². The predicted molar refractivity (Wildman–Crippen MR) is 97.6 cm³/mol. The Morgan fingerprint density at radius 3 is 2.92 bits per heavy atom. The van der Waals surface area contributed by atoms with Crippen LogP contribution in [0.3, 0.4) is 0 Å². The van der Waals surface area contributed by atoms with Crippen LogP contribution in [0.4, 0.5) is 10.5 Å². The van der Waals surface area contributed by atoms with Crippen LogP contribution in [-0.4, -0.2) is 54.5 Å². The molecule has 2 unspecified atom stereocenters. The number of amides is 1. The molecule has 134 valence electrons. The van der Waals surface area contributed by atoms with Crippen molar-refractivity contribution in [3.63, 3.8) is 0 Å². The third kappa shape index (κ3) is 2.47. The Morgan fingerprint density at radius 1 is 1.36 bits per heavy atom. The molecule has 0 bridgehead atoms. The van der Waals surface area contributed by atoms with Gasteiger partial charge in [0.15, 0.2) is 0 Å².